The molecule has 112 valence electrons. The van der Waals surface area contributed by atoms with Crippen LogP contribution in [0.1, 0.15) is 41.6 Å². The minimum Gasteiger partial charge on any atom is -0.465 e. The molecular formula is C16H20N2O3. The van der Waals surface area contributed by atoms with Gasteiger partial charge >= 0.3 is 5.97 Å². The molecule has 5 heteroatoms. The highest BCUT2D eigenvalue weighted by atomic mass is 16.5. The summed E-state index contributed by atoms with van der Waals surface area (Å²) in [7, 11) is 1.37. The molecule has 21 heavy (non-hydrogen) atoms. The maximum atomic E-state index is 12.2. The van der Waals surface area contributed by atoms with Crippen LogP contribution in [0, 0.1) is 0 Å². The summed E-state index contributed by atoms with van der Waals surface area (Å²) in [5, 5.41) is 6.39. The molecule has 1 aliphatic heterocycles. The minimum absolute atomic E-state index is 0.0585. The van der Waals surface area contributed by atoms with Gasteiger partial charge < -0.3 is 15.4 Å². The minimum atomic E-state index is -0.342. The molecule has 2 N–H and O–H groups in total. The van der Waals surface area contributed by atoms with Gasteiger partial charge in [-0.25, -0.2) is 4.79 Å². The molecule has 1 heterocycles. The van der Waals surface area contributed by atoms with Gasteiger partial charge in [-0.15, -0.1) is 0 Å². The van der Waals surface area contributed by atoms with Gasteiger partial charge in [0.1, 0.15) is 0 Å². The summed E-state index contributed by atoms with van der Waals surface area (Å²) in [4.78, 5) is 23.7. The number of amides is 1. The van der Waals surface area contributed by atoms with Crippen LogP contribution in [0.5, 0.6) is 0 Å². The summed E-state index contributed by atoms with van der Waals surface area (Å²) in [6.45, 7) is 0.916. The summed E-state index contributed by atoms with van der Waals surface area (Å²) in [5.41, 5.74) is 1.35. The summed E-state index contributed by atoms with van der Waals surface area (Å²) < 4.78 is 4.69. The smallest absolute Gasteiger partial charge is 0.337 e. The standard InChI is InChI=1S/C16H20N2O3/c1-21-15(20)11-4-6-12(7-5-11)16(8-9-16)18-14(19)13-3-2-10-17-13/h4-7,13,17H,2-3,8-10H2,1H3,(H,18,19)/t13-/m1/s1. The first-order chi connectivity index (χ1) is 10.1. The van der Waals surface area contributed by atoms with E-state index in [4.69, 9.17) is 4.74 Å². The van der Waals surface area contributed by atoms with E-state index in [1.807, 2.05) is 12.1 Å². The number of benzene rings is 1. The molecule has 1 aliphatic carbocycles. The topological polar surface area (TPSA) is 67.4 Å². The second kappa shape index (κ2) is 5.48. The zero-order valence-electron chi connectivity index (χ0n) is 12.1. The average molecular weight is 288 g/mol. The van der Waals surface area contributed by atoms with Gasteiger partial charge in [-0.2, -0.15) is 0 Å². The van der Waals surface area contributed by atoms with Crippen molar-refractivity contribution >= 4 is 11.9 Å². The Balaban J connectivity index is 1.70. The largest absolute Gasteiger partial charge is 0.465 e. The Morgan fingerprint density at radius 3 is 2.52 bits per heavy atom. The molecule has 1 saturated carbocycles. The van der Waals surface area contributed by atoms with Crippen LogP contribution in [0.4, 0.5) is 0 Å². The van der Waals surface area contributed by atoms with Crippen molar-refractivity contribution in [3.05, 3.63) is 35.4 Å². The summed E-state index contributed by atoms with van der Waals surface area (Å²) >= 11 is 0. The first-order valence-corrected chi connectivity index (χ1v) is 7.39. The SMILES string of the molecule is COC(=O)c1ccc(C2(NC(=O)[C@H]3CCCN3)CC2)cc1. The fourth-order valence-electron chi connectivity index (χ4n) is 2.89. The Bertz CT molecular complexity index is 543. The van der Waals surface area contributed by atoms with E-state index in [1.54, 1.807) is 12.1 Å². The molecule has 1 saturated heterocycles. The van der Waals surface area contributed by atoms with Gasteiger partial charge in [0.05, 0.1) is 24.3 Å². The van der Waals surface area contributed by atoms with E-state index >= 15 is 0 Å². The van der Waals surface area contributed by atoms with E-state index < -0.39 is 0 Å². The van der Waals surface area contributed by atoms with Gasteiger partial charge in [0.2, 0.25) is 5.91 Å². The third-order valence-electron chi connectivity index (χ3n) is 4.35. The van der Waals surface area contributed by atoms with Gasteiger partial charge in [-0.05, 0) is 49.9 Å². The van der Waals surface area contributed by atoms with E-state index in [0.717, 1.165) is 37.8 Å². The molecule has 0 aromatic heterocycles. The Hall–Kier alpha value is -1.88. The molecule has 1 amide bonds. The van der Waals surface area contributed by atoms with Crippen molar-refractivity contribution < 1.29 is 14.3 Å². The third-order valence-corrected chi connectivity index (χ3v) is 4.35. The highest BCUT2D eigenvalue weighted by Crippen LogP contribution is 2.45. The monoisotopic (exact) mass is 288 g/mol. The zero-order chi connectivity index (χ0) is 14.9. The lowest BCUT2D eigenvalue weighted by Crippen LogP contribution is -2.45. The first-order valence-electron chi connectivity index (χ1n) is 7.39. The van der Waals surface area contributed by atoms with Crippen molar-refractivity contribution in [2.24, 2.45) is 0 Å². The number of nitrogens with one attached hydrogen (secondary N) is 2. The predicted molar refractivity (Wildman–Crippen MR) is 77.9 cm³/mol. The van der Waals surface area contributed by atoms with Crippen LogP contribution >= 0.6 is 0 Å². The van der Waals surface area contributed by atoms with Crippen LogP contribution in [0.3, 0.4) is 0 Å². The Labute approximate surface area is 124 Å². The second-order valence-electron chi connectivity index (χ2n) is 5.79. The van der Waals surface area contributed by atoms with Crippen molar-refractivity contribution in [2.45, 2.75) is 37.3 Å². The van der Waals surface area contributed by atoms with E-state index in [0.29, 0.717) is 5.56 Å². The summed E-state index contributed by atoms with van der Waals surface area (Å²) in [6.07, 6.45) is 3.86. The highest BCUT2D eigenvalue weighted by Gasteiger charge is 2.46. The normalized spacial score (nSPS) is 22.6. The number of ether oxygens (including phenoxy) is 1. The molecule has 0 spiro atoms. The molecule has 0 radical (unpaired) electrons. The van der Waals surface area contributed by atoms with Crippen LogP contribution in [-0.4, -0.2) is 31.6 Å². The number of hydrogen-bond donors (Lipinski definition) is 2. The quantitative estimate of drug-likeness (QED) is 0.820. The summed E-state index contributed by atoms with van der Waals surface area (Å²) in [6, 6.07) is 7.25. The van der Waals surface area contributed by atoms with Gasteiger partial charge in [-0.1, -0.05) is 12.1 Å². The van der Waals surface area contributed by atoms with Gasteiger partial charge in [0.25, 0.3) is 0 Å². The summed E-state index contributed by atoms with van der Waals surface area (Å²) in [5.74, 6) is -0.257. The number of carbonyl (C=O) groups is 2. The Morgan fingerprint density at radius 1 is 1.29 bits per heavy atom. The van der Waals surface area contributed by atoms with Crippen molar-refractivity contribution in [2.75, 3.05) is 13.7 Å². The molecule has 1 aromatic rings. The number of rotatable bonds is 4. The van der Waals surface area contributed by atoms with Gasteiger partial charge in [-0.3, -0.25) is 4.79 Å². The fraction of sp³-hybridized carbons (Fsp3) is 0.500. The lowest BCUT2D eigenvalue weighted by atomic mass is 10.0. The Morgan fingerprint density at radius 2 is 2.00 bits per heavy atom. The van der Waals surface area contributed by atoms with Crippen LogP contribution in [0.15, 0.2) is 24.3 Å². The van der Waals surface area contributed by atoms with E-state index in [9.17, 15) is 9.59 Å². The Kier molecular flexibility index (Phi) is 3.68. The van der Waals surface area contributed by atoms with Crippen molar-refractivity contribution in [1.29, 1.82) is 0 Å². The maximum Gasteiger partial charge on any atom is 0.337 e. The van der Waals surface area contributed by atoms with Crippen LogP contribution in [0.2, 0.25) is 0 Å². The molecule has 2 fully saturated rings. The van der Waals surface area contributed by atoms with Crippen molar-refractivity contribution in [3.63, 3.8) is 0 Å². The van der Waals surface area contributed by atoms with Crippen molar-refractivity contribution in [3.8, 4) is 0 Å². The zero-order valence-corrected chi connectivity index (χ0v) is 12.1. The molecule has 1 aromatic carbocycles. The van der Waals surface area contributed by atoms with Crippen LogP contribution < -0.4 is 10.6 Å². The van der Waals surface area contributed by atoms with Crippen molar-refractivity contribution in [1.82, 2.24) is 10.6 Å². The number of methoxy groups -OCH3 is 1. The molecule has 5 nitrogen and oxygen atoms in total. The molecular weight excluding hydrogens is 268 g/mol. The third kappa shape index (κ3) is 2.78. The molecule has 0 unspecified atom stereocenters. The number of esters is 1. The predicted octanol–water partition coefficient (Wildman–Crippen LogP) is 1.33. The van der Waals surface area contributed by atoms with Crippen LogP contribution in [-0.2, 0) is 15.1 Å². The first kappa shape index (κ1) is 14.1. The van der Waals surface area contributed by atoms with E-state index in [1.165, 1.54) is 7.11 Å². The van der Waals surface area contributed by atoms with E-state index in [-0.39, 0.29) is 23.5 Å². The second-order valence-corrected chi connectivity index (χ2v) is 5.79. The molecule has 3 rings (SSSR count). The van der Waals surface area contributed by atoms with Gasteiger partial charge in [0, 0.05) is 0 Å². The average Bonchev–Trinajstić information content (AvgIpc) is 3.08. The fourth-order valence-corrected chi connectivity index (χ4v) is 2.89. The van der Waals surface area contributed by atoms with Gasteiger partial charge in [0.15, 0.2) is 0 Å². The highest BCUT2D eigenvalue weighted by molar-refractivity contribution is 5.89. The lowest BCUT2D eigenvalue weighted by molar-refractivity contribution is -0.123. The molecule has 0 bridgehead atoms. The number of carbonyl (C=O) groups excluding carboxylic acids is 2. The van der Waals surface area contributed by atoms with E-state index in [2.05, 4.69) is 10.6 Å². The number of hydrogen-bond acceptors (Lipinski definition) is 4. The van der Waals surface area contributed by atoms with Crippen LogP contribution in [0.25, 0.3) is 0 Å². The maximum absolute atomic E-state index is 12.2. The molecule has 1 atom stereocenters. The lowest BCUT2D eigenvalue weighted by Gasteiger charge is -2.21. The molecule has 2 aliphatic rings.